The van der Waals surface area contributed by atoms with Crippen LogP contribution in [0.1, 0.15) is 0 Å². The molecule has 0 saturated carbocycles. The van der Waals surface area contributed by atoms with E-state index in [2.05, 4.69) is 4.74 Å². The molecule has 0 spiro atoms. The molecule has 7 nitrogen and oxygen atoms in total. The number of carbonyl (C=O) groups excluding carboxylic acids is 2. The van der Waals surface area contributed by atoms with E-state index in [0.29, 0.717) is 0 Å². The van der Waals surface area contributed by atoms with E-state index >= 15 is 0 Å². The van der Waals surface area contributed by atoms with Gasteiger partial charge in [0.2, 0.25) is 10.0 Å². The second-order valence-corrected chi connectivity index (χ2v) is 5.89. The van der Waals surface area contributed by atoms with Crippen LogP contribution < -0.4 is 5.73 Å². The Hall–Kier alpha value is -2.00. The SMILES string of the molecule is CN(CC(=O)OCC(N)=O)S(=O)(=O)c1ccc(F)cc1. The van der Waals surface area contributed by atoms with Crippen molar-refractivity contribution < 1.29 is 27.1 Å². The lowest BCUT2D eigenvalue weighted by molar-refractivity contribution is -0.147. The monoisotopic (exact) mass is 304 g/mol. The van der Waals surface area contributed by atoms with Crippen molar-refractivity contribution in [3.05, 3.63) is 30.1 Å². The summed E-state index contributed by atoms with van der Waals surface area (Å²) in [6, 6.07) is 4.14. The minimum Gasteiger partial charge on any atom is -0.455 e. The number of nitrogens with two attached hydrogens (primary N) is 1. The van der Waals surface area contributed by atoms with Crippen molar-refractivity contribution in [1.29, 1.82) is 0 Å². The summed E-state index contributed by atoms with van der Waals surface area (Å²) in [6.07, 6.45) is 0. The van der Waals surface area contributed by atoms with E-state index in [4.69, 9.17) is 5.73 Å². The second-order valence-electron chi connectivity index (χ2n) is 3.84. The van der Waals surface area contributed by atoms with Gasteiger partial charge in [0, 0.05) is 7.05 Å². The van der Waals surface area contributed by atoms with E-state index < -0.39 is 40.9 Å². The van der Waals surface area contributed by atoms with Crippen molar-refractivity contribution in [1.82, 2.24) is 4.31 Å². The van der Waals surface area contributed by atoms with Crippen molar-refractivity contribution in [2.24, 2.45) is 5.73 Å². The van der Waals surface area contributed by atoms with E-state index in [9.17, 15) is 22.4 Å². The largest absolute Gasteiger partial charge is 0.455 e. The summed E-state index contributed by atoms with van der Waals surface area (Å²) < 4.78 is 41.9. The molecule has 0 bridgehead atoms. The molecule has 20 heavy (non-hydrogen) atoms. The van der Waals surface area contributed by atoms with E-state index in [1.807, 2.05) is 0 Å². The summed E-state index contributed by atoms with van der Waals surface area (Å²) in [4.78, 5) is 21.5. The number of sulfonamides is 1. The van der Waals surface area contributed by atoms with Gasteiger partial charge in [-0.15, -0.1) is 0 Å². The van der Waals surface area contributed by atoms with E-state index in [0.717, 1.165) is 35.6 Å². The van der Waals surface area contributed by atoms with Crippen LogP contribution in [0.4, 0.5) is 4.39 Å². The minimum atomic E-state index is -3.94. The first-order valence-electron chi connectivity index (χ1n) is 5.39. The molecule has 9 heteroatoms. The standard InChI is InChI=1S/C11H13FN2O5S/c1-14(6-11(16)19-7-10(13)15)20(17,18)9-4-2-8(12)3-5-9/h2-5H,6-7H2,1H3,(H2,13,15). The van der Waals surface area contributed by atoms with Crippen LogP contribution in [0.3, 0.4) is 0 Å². The quantitative estimate of drug-likeness (QED) is 0.711. The molecule has 1 aromatic rings. The number of nitrogens with zero attached hydrogens (tertiary/aromatic N) is 1. The highest BCUT2D eigenvalue weighted by Gasteiger charge is 2.23. The average molecular weight is 304 g/mol. The van der Waals surface area contributed by atoms with Gasteiger partial charge in [0.15, 0.2) is 6.61 Å². The van der Waals surface area contributed by atoms with Crippen LogP contribution in [0.25, 0.3) is 0 Å². The van der Waals surface area contributed by atoms with Crippen LogP contribution in [-0.2, 0) is 24.3 Å². The van der Waals surface area contributed by atoms with Crippen molar-refractivity contribution >= 4 is 21.9 Å². The number of carbonyl (C=O) groups is 2. The van der Waals surface area contributed by atoms with E-state index in [1.165, 1.54) is 0 Å². The molecule has 0 radical (unpaired) electrons. The Morgan fingerprint density at radius 2 is 1.85 bits per heavy atom. The number of rotatable bonds is 6. The maximum absolute atomic E-state index is 12.7. The molecule has 0 saturated heterocycles. The number of esters is 1. The molecule has 0 fully saturated rings. The Morgan fingerprint density at radius 3 is 2.35 bits per heavy atom. The zero-order valence-electron chi connectivity index (χ0n) is 10.6. The second kappa shape index (κ2) is 6.44. The molecule has 0 unspecified atom stereocenters. The molecular weight excluding hydrogens is 291 g/mol. The number of halogens is 1. The lowest BCUT2D eigenvalue weighted by Gasteiger charge is -2.16. The van der Waals surface area contributed by atoms with E-state index in [-0.39, 0.29) is 4.90 Å². The maximum Gasteiger partial charge on any atom is 0.321 e. The molecule has 1 amide bonds. The van der Waals surface area contributed by atoms with Crippen LogP contribution in [0.2, 0.25) is 0 Å². The lowest BCUT2D eigenvalue weighted by Crippen LogP contribution is -2.34. The molecule has 0 aromatic heterocycles. The van der Waals surface area contributed by atoms with Crippen LogP contribution in [-0.4, -0.2) is 44.8 Å². The predicted molar refractivity (Wildman–Crippen MR) is 66.4 cm³/mol. The van der Waals surface area contributed by atoms with Gasteiger partial charge in [-0.3, -0.25) is 9.59 Å². The average Bonchev–Trinajstić information content (AvgIpc) is 2.36. The zero-order chi connectivity index (χ0) is 15.3. The van der Waals surface area contributed by atoms with Gasteiger partial charge in [0.05, 0.1) is 4.90 Å². The molecule has 1 aromatic carbocycles. The fourth-order valence-corrected chi connectivity index (χ4v) is 2.37. The van der Waals surface area contributed by atoms with Crippen molar-refractivity contribution in [3.8, 4) is 0 Å². The van der Waals surface area contributed by atoms with Crippen LogP contribution >= 0.6 is 0 Å². The van der Waals surface area contributed by atoms with Crippen molar-refractivity contribution in [3.63, 3.8) is 0 Å². The number of likely N-dealkylation sites (N-methyl/N-ethyl adjacent to an activating group) is 1. The minimum absolute atomic E-state index is 0.163. The number of amides is 1. The fourth-order valence-electron chi connectivity index (χ4n) is 1.25. The molecule has 110 valence electrons. The molecule has 0 aliphatic heterocycles. The smallest absolute Gasteiger partial charge is 0.321 e. The first-order valence-corrected chi connectivity index (χ1v) is 6.83. The molecule has 0 atom stereocenters. The lowest BCUT2D eigenvalue weighted by atomic mass is 10.4. The first kappa shape index (κ1) is 16.1. The van der Waals surface area contributed by atoms with Gasteiger partial charge < -0.3 is 10.5 Å². The number of hydrogen-bond donors (Lipinski definition) is 1. The third-order valence-corrected chi connectivity index (χ3v) is 4.07. The highest BCUT2D eigenvalue weighted by molar-refractivity contribution is 7.89. The number of primary amides is 1. The topological polar surface area (TPSA) is 107 Å². The molecule has 1 rings (SSSR count). The normalized spacial score (nSPS) is 11.3. The first-order chi connectivity index (χ1) is 9.23. The highest BCUT2D eigenvalue weighted by atomic mass is 32.2. The summed E-state index contributed by atoms with van der Waals surface area (Å²) in [7, 11) is -2.78. The Balaban J connectivity index is 2.75. The number of ether oxygens (including phenoxy) is 1. The van der Waals surface area contributed by atoms with Gasteiger partial charge in [0.25, 0.3) is 5.91 Å². The molecule has 0 heterocycles. The Bertz CT molecular complexity index is 600. The summed E-state index contributed by atoms with van der Waals surface area (Å²) >= 11 is 0. The fraction of sp³-hybridized carbons (Fsp3) is 0.273. The summed E-state index contributed by atoms with van der Waals surface area (Å²) in [6.45, 7) is -1.21. The van der Waals surface area contributed by atoms with Gasteiger partial charge in [-0.1, -0.05) is 0 Å². The summed E-state index contributed by atoms with van der Waals surface area (Å²) in [5, 5.41) is 0. The zero-order valence-corrected chi connectivity index (χ0v) is 11.4. The predicted octanol–water partition coefficient (Wildman–Crippen LogP) is -0.525. The third-order valence-electron chi connectivity index (χ3n) is 2.25. The van der Waals surface area contributed by atoms with Crippen LogP contribution in [0, 0.1) is 5.82 Å². The molecular formula is C11H13FN2O5S. The van der Waals surface area contributed by atoms with Crippen molar-refractivity contribution in [2.75, 3.05) is 20.2 Å². The van der Waals surface area contributed by atoms with Crippen LogP contribution in [0.5, 0.6) is 0 Å². The van der Waals surface area contributed by atoms with Gasteiger partial charge in [-0.2, -0.15) is 4.31 Å². The van der Waals surface area contributed by atoms with Gasteiger partial charge in [-0.05, 0) is 24.3 Å². The molecule has 0 aliphatic carbocycles. The number of hydrogen-bond acceptors (Lipinski definition) is 5. The van der Waals surface area contributed by atoms with Gasteiger partial charge in [-0.25, -0.2) is 12.8 Å². The van der Waals surface area contributed by atoms with E-state index in [1.54, 1.807) is 0 Å². The Morgan fingerprint density at radius 1 is 1.30 bits per heavy atom. The van der Waals surface area contributed by atoms with Gasteiger partial charge >= 0.3 is 5.97 Å². The maximum atomic E-state index is 12.7. The van der Waals surface area contributed by atoms with Crippen molar-refractivity contribution in [2.45, 2.75) is 4.90 Å². The number of benzene rings is 1. The summed E-state index contributed by atoms with van der Waals surface area (Å²) in [5.74, 6) is -2.34. The van der Waals surface area contributed by atoms with Gasteiger partial charge in [0.1, 0.15) is 12.4 Å². The third kappa shape index (κ3) is 4.28. The molecule has 2 N–H and O–H groups in total. The Labute approximate surface area is 115 Å². The molecule has 0 aliphatic rings. The Kier molecular flexibility index (Phi) is 5.17. The van der Waals surface area contributed by atoms with Crippen LogP contribution in [0.15, 0.2) is 29.2 Å². The highest BCUT2D eigenvalue weighted by Crippen LogP contribution is 2.14. The summed E-state index contributed by atoms with van der Waals surface area (Å²) in [5.41, 5.74) is 4.78.